The van der Waals surface area contributed by atoms with Gasteiger partial charge in [-0.15, -0.1) is 0 Å². The summed E-state index contributed by atoms with van der Waals surface area (Å²) in [6.07, 6.45) is 4.03. The lowest BCUT2D eigenvalue weighted by Gasteiger charge is -2.31. The fourth-order valence-electron chi connectivity index (χ4n) is 2.01. The van der Waals surface area contributed by atoms with Crippen LogP contribution in [0.2, 0.25) is 0 Å². The number of aromatic nitrogens is 2. The van der Waals surface area contributed by atoms with Gasteiger partial charge < -0.3 is 4.90 Å². The zero-order valence-electron chi connectivity index (χ0n) is 9.61. The number of anilines is 1. The van der Waals surface area contributed by atoms with Gasteiger partial charge in [0.1, 0.15) is 0 Å². The van der Waals surface area contributed by atoms with E-state index in [-0.39, 0.29) is 5.56 Å². The molecule has 1 aromatic heterocycles. The second-order valence-electron chi connectivity index (χ2n) is 4.44. The number of hydrogen-bond acceptors (Lipinski definition) is 3. The van der Waals surface area contributed by atoms with Crippen LogP contribution in [0.15, 0.2) is 11.0 Å². The van der Waals surface area contributed by atoms with Gasteiger partial charge in [0.25, 0.3) is 5.56 Å². The van der Waals surface area contributed by atoms with Crippen LogP contribution in [0.3, 0.4) is 0 Å². The first-order valence-electron chi connectivity index (χ1n) is 5.56. The van der Waals surface area contributed by atoms with E-state index in [4.69, 9.17) is 0 Å². The van der Waals surface area contributed by atoms with Crippen molar-refractivity contribution in [1.82, 2.24) is 9.55 Å². The molecule has 4 nitrogen and oxygen atoms in total. The maximum absolute atomic E-state index is 11.8. The van der Waals surface area contributed by atoms with E-state index in [9.17, 15) is 4.79 Å². The highest BCUT2D eigenvalue weighted by Gasteiger charge is 2.19. The largest absolute Gasteiger partial charge is 0.342 e. The summed E-state index contributed by atoms with van der Waals surface area (Å²) < 4.78 is 2.33. The number of piperidine rings is 1. The Labute approximate surface area is 109 Å². The van der Waals surface area contributed by atoms with E-state index in [1.807, 2.05) is 22.6 Å². The van der Waals surface area contributed by atoms with E-state index in [2.05, 4.69) is 16.8 Å². The highest BCUT2D eigenvalue weighted by atomic mass is 127. The van der Waals surface area contributed by atoms with E-state index in [1.165, 1.54) is 12.8 Å². The van der Waals surface area contributed by atoms with Gasteiger partial charge in [-0.3, -0.25) is 9.36 Å². The molecule has 1 aliphatic heterocycles. The molecule has 0 aromatic carbocycles. The Morgan fingerprint density at radius 1 is 1.44 bits per heavy atom. The topological polar surface area (TPSA) is 38.1 Å². The number of rotatable bonds is 1. The summed E-state index contributed by atoms with van der Waals surface area (Å²) in [5, 5.41) is 0. The summed E-state index contributed by atoms with van der Waals surface area (Å²) in [7, 11) is 1.80. The van der Waals surface area contributed by atoms with Crippen LogP contribution in [0.5, 0.6) is 0 Å². The standard InChI is InChI=1S/C11H16IN3O/c1-8-3-5-15(6-4-8)11-13-7-9(12)10(16)14(11)2/h7-8H,3-6H2,1-2H3. The summed E-state index contributed by atoms with van der Waals surface area (Å²) >= 11 is 2.03. The van der Waals surface area contributed by atoms with Crippen molar-refractivity contribution in [2.75, 3.05) is 18.0 Å². The van der Waals surface area contributed by atoms with E-state index < -0.39 is 0 Å². The van der Waals surface area contributed by atoms with Crippen molar-refractivity contribution in [3.8, 4) is 0 Å². The monoisotopic (exact) mass is 333 g/mol. The first-order valence-corrected chi connectivity index (χ1v) is 6.64. The van der Waals surface area contributed by atoms with Gasteiger partial charge in [-0.05, 0) is 41.4 Å². The lowest BCUT2D eigenvalue weighted by molar-refractivity contribution is 0.431. The maximum atomic E-state index is 11.8. The third kappa shape index (κ3) is 2.23. The van der Waals surface area contributed by atoms with Crippen LogP contribution in [0.4, 0.5) is 5.95 Å². The number of halogens is 1. The summed E-state index contributed by atoms with van der Waals surface area (Å²) in [5.74, 6) is 1.59. The van der Waals surface area contributed by atoms with Crippen molar-refractivity contribution in [3.05, 3.63) is 20.1 Å². The van der Waals surface area contributed by atoms with Gasteiger partial charge in [0, 0.05) is 26.3 Å². The molecule has 5 heteroatoms. The average Bonchev–Trinajstić information content (AvgIpc) is 2.28. The van der Waals surface area contributed by atoms with Crippen LogP contribution in [0, 0.1) is 9.49 Å². The molecule has 2 heterocycles. The molecule has 0 spiro atoms. The summed E-state index contributed by atoms with van der Waals surface area (Å²) in [6, 6.07) is 0. The van der Waals surface area contributed by atoms with Crippen LogP contribution < -0.4 is 10.5 Å². The maximum Gasteiger partial charge on any atom is 0.268 e. The van der Waals surface area contributed by atoms with Gasteiger partial charge in [0.05, 0.1) is 3.57 Å². The number of hydrogen-bond donors (Lipinski definition) is 0. The molecule has 88 valence electrons. The van der Waals surface area contributed by atoms with Crippen molar-refractivity contribution < 1.29 is 0 Å². The number of nitrogens with zero attached hydrogens (tertiary/aromatic N) is 3. The molecule has 0 radical (unpaired) electrons. The van der Waals surface area contributed by atoms with Crippen LogP contribution >= 0.6 is 22.6 Å². The molecule has 1 aliphatic rings. The molecule has 0 N–H and O–H groups in total. The van der Waals surface area contributed by atoms with E-state index in [1.54, 1.807) is 17.8 Å². The highest BCUT2D eigenvalue weighted by Crippen LogP contribution is 2.20. The van der Waals surface area contributed by atoms with Gasteiger partial charge >= 0.3 is 0 Å². The van der Waals surface area contributed by atoms with Crippen LogP contribution in [0.25, 0.3) is 0 Å². The van der Waals surface area contributed by atoms with Gasteiger partial charge in [-0.1, -0.05) is 6.92 Å². The third-order valence-electron chi connectivity index (χ3n) is 3.17. The Kier molecular flexibility index (Phi) is 3.51. The fraction of sp³-hybridized carbons (Fsp3) is 0.636. The van der Waals surface area contributed by atoms with Crippen LogP contribution in [0.1, 0.15) is 19.8 Å². The molecule has 1 aromatic rings. The van der Waals surface area contributed by atoms with Crippen LogP contribution in [-0.4, -0.2) is 22.6 Å². The molecular formula is C11H16IN3O. The highest BCUT2D eigenvalue weighted by molar-refractivity contribution is 14.1. The first kappa shape index (κ1) is 11.9. The zero-order valence-corrected chi connectivity index (χ0v) is 11.8. The molecule has 1 fully saturated rings. The lowest BCUT2D eigenvalue weighted by atomic mass is 10.00. The predicted molar refractivity (Wildman–Crippen MR) is 72.8 cm³/mol. The van der Waals surface area contributed by atoms with Crippen molar-refractivity contribution in [2.45, 2.75) is 19.8 Å². The molecule has 0 saturated carbocycles. The Hall–Kier alpha value is -0.590. The van der Waals surface area contributed by atoms with Crippen molar-refractivity contribution >= 4 is 28.5 Å². The normalized spacial score (nSPS) is 17.8. The molecule has 2 rings (SSSR count). The molecule has 0 unspecified atom stereocenters. The zero-order chi connectivity index (χ0) is 11.7. The van der Waals surface area contributed by atoms with Crippen molar-refractivity contribution in [2.24, 2.45) is 13.0 Å². The molecular weight excluding hydrogens is 317 g/mol. The minimum atomic E-state index is 0.0456. The van der Waals surface area contributed by atoms with E-state index in [0.717, 1.165) is 25.0 Å². The summed E-state index contributed by atoms with van der Waals surface area (Å²) in [5.41, 5.74) is 0.0456. The molecule has 1 saturated heterocycles. The lowest BCUT2D eigenvalue weighted by Crippen LogP contribution is -2.37. The van der Waals surface area contributed by atoms with Gasteiger partial charge in [-0.25, -0.2) is 4.98 Å². The van der Waals surface area contributed by atoms with Crippen molar-refractivity contribution in [1.29, 1.82) is 0 Å². The predicted octanol–water partition coefficient (Wildman–Crippen LogP) is 1.62. The van der Waals surface area contributed by atoms with E-state index in [0.29, 0.717) is 3.57 Å². The molecule has 16 heavy (non-hydrogen) atoms. The third-order valence-corrected chi connectivity index (χ3v) is 3.91. The smallest absolute Gasteiger partial charge is 0.268 e. The summed E-state index contributed by atoms with van der Waals surface area (Å²) in [6.45, 7) is 4.28. The fourth-order valence-corrected chi connectivity index (χ4v) is 2.51. The minimum absolute atomic E-state index is 0.0456. The Balaban J connectivity index is 2.28. The first-order chi connectivity index (χ1) is 7.59. The average molecular weight is 333 g/mol. The second kappa shape index (κ2) is 4.73. The SMILES string of the molecule is CC1CCN(c2ncc(I)c(=O)n2C)CC1. The van der Waals surface area contributed by atoms with Gasteiger partial charge in [0.15, 0.2) is 0 Å². The quantitative estimate of drug-likeness (QED) is 0.733. The Morgan fingerprint density at radius 3 is 2.69 bits per heavy atom. The molecule has 0 amide bonds. The Morgan fingerprint density at radius 2 is 2.06 bits per heavy atom. The van der Waals surface area contributed by atoms with Crippen molar-refractivity contribution in [3.63, 3.8) is 0 Å². The Bertz CT molecular complexity index is 435. The molecule has 0 bridgehead atoms. The minimum Gasteiger partial charge on any atom is -0.342 e. The van der Waals surface area contributed by atoms with Crippen LogP contribution in [-0.2, 0) is 7.05 Å². The van der Waals surface area contributed by atoms with E-state index >= 15 is 0 Å². The van der Waals surface area contributed by atoms with Gasteiger partial charge in [-0.2, -0.15) is 0 Å². The van der Waals surface area contributed by atoms with Gasteiger partial charge in [0.2, 0.25) is 5.95 Å². The molecule has 0 aliphatic carbocycles. The second-order valence-corrected chi connectivity index (χ2v) is 5.60. The summed E-state index contributed by atoms with van der Waals surface area (Å²) in [4.78, 5) is 18.4. The molecule has 0 atom stereocenters.